The third kappa shape index (κ3) is 8.24. The van der Waals surface area contributed by atoms with Gasteiger partial charge in [0.25, 0.3) is 0 Å². The Morgan fingerprint density at radius 3 is 2.33 bits per heavy atom. The molecule has 15 heavy (non-hydrogen) atoms. The summed E-state index contributed by atoms with van der Waals surface area (Å²) >= 11 is 0. The van der Waals surface area contributed by atoms with Gasteiger partial charge < -0.3 is 15.4 Å². The lowest BCUT2D eigenvalue weighted by Gasteiger charge is -2.23. The highest BCUT2D eigenvalue weighted by atomic mass is 16.6. The van der Waals surface area contributed by atoms with Gasteiger partial charge in [0.15, 0.2) is 0 Å². The molecule has 2 N–H and O–H groups in total. The van der Waals surface area contributed by atoms with Crippen LogP contribution in [0.15, 0.2) is 0 Å². The van der Waals surface area contributed by atoms with Crippen molar-refractivity contribution in [3.63, 3.8) is 0 Å². The molecule has 4 heteroatoms. The smallest absolute Gasteiger partial charge is 0.407 e. The molecule has 1 amide bonds. The predicted octanol–water partition coefficient (Wildman–Crippen LogP) is 1.90. The van der Waals surface area contributed by atoms with Crippen molar-refractivity contribution in [3.8, 4) is 0 Å². The zero-order valence-electron chi connectivity index (χ0n) is 10.5. The molecular weight excluding hydrogens is 192 g/mol. The number of likely N-dealkylation sites (N-methyl/N-ethyl adjacent to an activating group) is 1. The van der Waals surface area contributed by atoms with E-state index in [0.29, 0.717) is 0 Å². The van der Waals surface area contributed by atoms with Gasteiger partial charge >= 0.3 is 6.09 Å². The molecule has 0 heterocycles. The molecule has 0 aliphatic carbocycles. The molecule has 4 nitrogen and oxygen atoms in total. The van der Waals surface area contributed by atoms with Crippen LogP contribution >= 0.6 is 0 Å². The van der Waals surface area contributed by atoms with Crippen molar-refractivity contribution in [2.75, 3.05) is 13.1 Å². The third-order valence-electron chi connectivity index (χ3n) is 1.85. The fourth-order valence-corrected chi connectivity index (χ4v) is 1.09. The third-order valence-corrected chi connectivity index (χ3v) is 1.85. The summed E-state index contributed by atoms with van der Waals surface area (Å²) in [5.74, 6) is 0. The number of alkyl carbamates (subject to hydrolysis) is 1. The van der Waals surface area contributed by atoms with Crippen LogP contribution in [0.1, 0.15) is 41.0 Å². The number of carbonyl (C=O) groups excluding carboxylic acids is 1. The number of nitrogens with one attached hydrogen (secondary N) is 2. The first-order valence-corrected chi connectivity index (χ1v) is 5.59. The van der Waals surface area contributed by atoms with Crippen LogP contribution in [0.4, 0.5) is 4.79 Å². The van der Waals surface area contributed by atoms with Crippen LogP contribution < -0.4 is 10.6 Å². The van der Waals surface area contributed by atoms with Crippen molar-refractivity contribution >= 4 is 6.09 Å². The van der Waals surface area contributed by atoms with E-state index in [1.165, 1.54) is 0 Å². The fourth-order valence-electron chi connectivity index (χ4n) is 1.09. The SMILES string of the molecule is CCNCC(CC)NC(=O)OC(C)(C)C. The number of carbonyl (C=O) groups is 1. The number of amides is 1. The highest BCUT2D eigenvalue weighted by molar-refractivity contribution is 5.68. The summed E-state index contributed by atoms with van der Waals surface area (Å²) in [6, 6.07) is 0.139. The molecule has 0 saturated heterocycles. The first kappa shape index (κ1) is 14.2. The van der Waals surface area contributed by atoms with Gasteiger partial charge in [-0.15, -0.1) is 0 Å². The summed E-state index contributed by atoms with van der Waals surface area (Å²) in [6.07, 6.45) is 0.555. The zero-order valence-corrected chi connectivity index (χ0v) is 10.5. The van der Waals surface area contributed by atoms with Gasteiger partial charge in [0.2, 0.25) is 0 Å². The number of hydrogen-bond donors (Lipinski definition) is 2. The minimum atomic E-state index is -0.430. The first-order valence-electron chi connectivity index (χ1n) is 5.59. The molecule has 0 saturated carbocycles. The molecule has 1 unspecified atom stereocenters. The van der Waals surface area contributed by atoms with Gasteiger partial charge in [0, 0.05) is 12.6 Å². The summed E-state index contributed by atoms with van der Waals surface area (Å²) in [7, 11) is 0. The normalized spacial score (nSPS) is 13.4. The summed E-state index contributed by atoms with van der Waals surface area (Å²) < 4.78 is 5.17. The summed E-state index contributed by atoms with van der Waals surface area (Å²) in [6.45, 7) is 11.4. The van der Waals surface area contributed by atoms with Crippen molar-refractivity contribution in [2.24, 2.45) is 0 Å². The second-order valence-corrected chi connectivity index (χ2v) is 4.56. The molecule has 1 atom stereocenters. The summed E-state index contributed by atoms with van der Waals surface area (Å²) in [5, 5.41) is 6.03. The minimum absolute atomic E-state index is 0.139. The van der Waals surface area contributed by atoms with Gasteiger partial charge in [0.05, 0.1) is 0 Å². The largest absolute Gasteiger partial charge is 0.444 e. The first-order chi connectivity index (χ1) is 6.89. The topological polar surface area (TPSA) is 50.4 Å². The molecule has 0 radical (unpaired) electrons. The van der Waals surface area contributed by atoms with Crippen molar-refractivity contribution in [1.82, 2.24) is 10.6 Å². The van der Waals surface area contributed by atoms with E-state index in [4.69, 9.17) is 4.74 Å². The van der Waals surface area contributed by atoms with E-state index in [2.05, 4.69) is 10.6 Å². The number of rotatable bonds is 5. The van der Waals surface area contributed by atoms with Crippen LogP contribution in [-0.4, -0.2) is 30.8 Å². The van der Waals surface area contributed by atoms with Crippen LogP contribution in [-0.2, 0) is 4.74 Å². The average Bonchev–Trinajstić information content (AvgIpc) is 2.09. The van der Waals surface area contributed by atoms with Crippen LogP contribution in [0.25, 0.3) is 0 Å². The second kappa shape index (κ2) is 6.67. The molecular formula is C11H24N2O2. The van der Waals surface area contributed by atoms with E-state index in [1.54, 1.807) is 0 Å². The molecule has 0 rings (SSSR count). The van der Waals surface area contributed by atoms with Gasteiger partial charge in [-0.05, 0) is 33.7 Å². The van der Waals surface area contributed by atoms with Crippen molar-refractivity contribution < 1.29 is 9.53 Å². The minimum Gasteiger partial charge on any atom is -0.444 e. The predicted molar refractivity (Wildman–Crippen MR) is 62.0 cm³/mol. The van der Waals surface area contributed by atoms with E-state index in [-0.39, 0.29) is 12.1 Å². The standard InChI is InChI=1S/C11H24N2O2/c1-6-9(8-12-7-2)13-10(14)15-11(3,4)5/h9,12H,6-8H2,1-5H3,(H,13,14). The summed E-state index contributed by atoms with van der Waals surface area (Å²) in [5.41, 5.74) is -0.430. The van der Waals surface area contributed by atoms with Gasteiger partial charge in [-0.2, -0.15) is 0 Å². The molecule has 0 spiro atoms. The Morgan fingerprint density at radius 1 is 1.33 bits per heavy atom. The van der Waals surface area contributed by atoms with E-state index in [9.17, 15) is 4.79 Å². The molecule has 0 aliphatic rings. The molecule has 0 aromatic carbocycles. The molecule has 0 bridgehead atoms. The van der Waals surface area contributed by atoms with Gasteiger partial charge in [-0.25, -0.2) is 4.79 Å². The van der Waals surface area contributed by atoms with Crippen molar-refractivity contribution in [3.05, 3.63) is 0 Å². The maximum absolute atomic E-state index is 11.4. The number of hydrogen-bond acceptors (Lipinski definition) is 3. The molecule has 0 aromatic heterocycles. The Labute approximate surface area is 92.8 Å². The van der Waals surface area contributed by atoms with E-state index in [1.807, 2.05) is 34.6 Å². The van der Waals surface area contributed by atoms with Gasteiger partial charge in [-0.1, -0.05) is 13.8 Å². The molecule has 0 fully saturated rings. The Balaban J connectivity index is 3.91. The van der Waals surface area contributed by atoms with Crippen LogP contribution in [0, 0.1) is 0 Å². The quantitative estimate of drug-likeness (QED) is 0.738. The monoisotopic (exact) mass is 216 g/mol. The highest BCUT2D eigenvalue weighted by Crippen LogP contribution is 2.06. The molecule has 0 aliphatic heterocycles. The van der Waals surface area contributed by atoms with Gasteiger partial charge in [0.1, 0.15) is 5.60 Å². The van der Waals surface area contributed by atoms with Crippen LogP contribution in [0.2, 0.25) is 0 Å². The summed E-state index contributed by atoms with van der Waals surface area (Å²) in [4.78, 5) is 11.4. The lowest BCUT2D eigenvalue weighted by atomic mass is 10.2. The van der Waals surface area contributed by atoms with Crippen molar-refractivity contribution in [2.45, 2.75) is 52.7 Å². The second-order valence-electron chi connectivity index (χ2n) is 4.56. The molecule has 0 aromatic rings. The maximum atomic E-state index is 11.4. The Hall–Kier alpha value is -0.770. The van der Waals surface area contributed by atoms with E-state index >= 15 is 0 Å². The highest BCUT2D eigenvalue weighted by Gasteiger charge is 2.18. The fraction of sp³-hybridized carbons (Fsp3) is 0.909. The Kier molecular flexibility index (Phi) is 6.32. The molecule has 90 valence electrons. The lowest BCUT2D eigenvalue weighted by Crippen LogP contribution is -2.43. The number of ether oxygens (including phenoxy) is 1. The van der Waals surface area contributed by atoms with Crippen LogP contribution in [0.5, 0.6) is 0 Å². The maximum Gasteiger partial charge on any atom is 0.407 e. The Morgan fingerprint density at radius 2 is 1.93 bits per heavy atom. The van der Waals surface area contributed by atoms with Gasteiger partial charge in [-0.3, -0.25) is 0 Å². The zero-order chi connectivity index (χ0) is 11.9. The van der Waals surface area contributed by atoms with E-state index in [0.717, 1.165) is 19.5 Å². The lowest BCUT2D eigenvalue weighted by molar-refractivity contribution is 0.0503. The van der Waals surface area contributed by atoms with Crippen LogP contribution in [0.3, 0.4) is 0 Å². The van der Waals surface area contributed by atoms with Crippen molar-refractivity contribution in [1.29, 1.82) is 0 Å². The average molecular weight is 216 g/mol. The Bertz CT molecular complexity index is 188. The van der Waals surface area contributed by atoms with E-state index < -0.39 is 5.60 Å².